The second-order valence-electron chi connectivity index (χ2n) is 7.47. The van der Waals surface area contributed by atoms with Gasteiger partial charge in [0.15, 0.2) is 4.32 Å². The molecule has 0 aliphatic carbocycles. The van der Waals surface area contributed by atoms with E-state index in [0.717, 1.165) is 26.1 Å². The summed E-state index contributed by atoms with van der Waals surface area (Å²) in [5.74, 6) is 0.722. The van der Waals surface area contributed by atoms with E-state index in [9.17, 15) is 4.79 Å². The average Bonchev–Trinajstić information content (AvgIpc) is 3.11. The number of thiocarbonyl (C=S) groups is 1. The van der Waals surface area contributed by atoms with Gasteiger partial charge in [0, 0.05) is 0 Å². The van der Waals surface area contributed by atoms with Gasteiger partial charge >= 0.3 is 0 Å². The van der Waals surface area contributed by atoms with E-state index in [0.29, 0.717) is 15.8 Å². The summed E-state index contributed by atoms with van der Waals surface area (Å²) in [5, 5.41) is 2.41. The van der Waals surface area contributed by atoms with E-state index in [1.807, 2.05) is 66.7 Å². The Morgan fingerprint density at radius 3 is 2.52 bits per heavy atom. The Hall–Kier alpha value is -2.68. The highest BCUT2D eigenvalue weighted by Crippen LogP contribution is 2.36. The fraction of sp³-hybridized carbons (Fsp3) is 0.0370. The number of halogens is 1. The van der Waals surface area contributed by atoms with E-state index >= 15 is 0 Å². The largest absolute Gasteiger partial charge is 0.488 e. The first-order valence-electron chi connectivity index (χ1n) is 10.3. The number of thioether (sulfide) groups is 1. The van der Waals surface area contributed by atoms with Crippen LogP contribution in [0.1, 0.15) is 11.1 Å². The van der Waals surface area contributed by atoms with Crippen LogP contribution >= 0.6 is 46.6 Å². The van der Waals surface area contributed by atoms with Crippen molar-refractivity contribution in [3.8, 4) is 5.75 Å². The van der Waals surface area contributed by atoms with Gasteiger partial charge in [0.25, 0.3) is 5.91 Å². The second-order valence-corrected chi connectivity index (χ2v) is 10.3. The summed E-state index contributed by atoms with van der Waals surface area (Å²) in [4.78, 5) is 15.2. The fourth-order valence-corrected chi connectivity index (χ4v) is 5.71. The van der Waals surface area contributed by atoms with Gasteiger partial charge in [-0.15, -0.1) is 0 Å². The molecule has 1 aliphatic rings. The van der Waals surface area contributed by atoms with Gasteiger partial charge < -0.3 is 4.74 Å². The smallest absolute Gasteiger partial charge is 0.270 e. The van der Waals surface area contributed by atoms with Crippen molar-refractivity contribution in [3.63, 3.8) is 0 Å². The lowest BCUT2D eigenvalue weighted by molar-refractivity contribution is -0.113. The number of fused-ring (bicyclic) bond motifs is 1. The highest BCUT2D eigenvalue weighted by molar-refractivity contribution is 14.1. The minimum Gasteiger partial charge on any atom is -0.488 e. The number of hydrogen-bond donors (Lipinski definition) is 0. The predicted octanol–water partition coefficient (Wildman–Crippen LogP) is 7.43. The van der Waals surface area contributed by atoms with Crippen molar-refractivity contribution in [3.05, 3.63) is 111 Å². The van der Waals surface area contributed by atoms with Gasteiger partial charge in [-0.1, -0.05) is 90.7 Å². The third kappa shape index (κ3) is 4.69. The normalized spacial score (nSPS) is 14.9. The van der Waals surface area contributed by atoms with E-state index in [1.54, 1.807) is 4.90 Å². The Morgan fingerprint density at radius 2 is 1.70 bits per heavy atom. The van der Waals surface area contributed by atoms with Crippen LogP contribution in [0.3, 0.4) is 0 Å². The van der Waals surface area contributed by atoms with Crippen molar-refractivity contribution in [1.29, 1.82) is 0 Å². The van der Waals surface area contributed by atoms with Crippen LogP contribution in [-0.2, 0) is 11.4 Å². The van der Waals surface area contributed by atoms with Crippen molar-refractivity contribution in [2.24, 2.45) is 0 Å². The highest BCUT2D eigenvalue weighted by Gasteiger charge is 2.33. The van der Waals surface area contributed by atoms with Gasteiger partial charge in [0.2, 0.25) is 0 Å². The predicted molar refractivity (Wildman–Crippen MR) is 150 cm³/mol. The van der Waals surface area contributed by atoms with E-state index < -0.39 is 0 Å². The van der Waals surface area contributed by atoms with E-state index in [1.165, 1.54) is 22.5 Å². The Bertz CT molecular complexity index is 1400. The molecule has 1 amide bonds. The zero-order valence-corrected chi connectivity index (χ0v) is 21.2. The molecular weight excluding hydrogens is 561 g/mol. The first-order chi connectivity index (χ1) is 16.1. The molecule has 4 aromatic carbocycles. The maximum atomic E-state index is 13.0. The van der Waals surface area contributed by atoms with Gasteiger partial charge in [-0.2, -0.15) is 0 Å². The topological polar surface area (TPSA) is 29.5 Å². The van der Waals surface area contributed by atoms with Crippen molar-refractivity contribution in [2.75, 3.05) is 4.90 Å². The molecule has 0 bridgehead atoms. The van der Waals surface area contributed by atoms with Crippen LogP contribution in [0.5, 0.6) is 5.75 Å². The van der Waals surface area contributed by atoms with E-state index in [2.05, 4.69) is 52.9 Å². The standard InChI is InChI=1S/C27H18INO2S2/c28-23-15-18(16-25-26(30)29(27(32)33-25)21-10-2-1-3-11-21)13-14-24(23)31-17-20-9-6-8-19-7-4-5-12-22(19)20/h1-16H,17H2/b25-16+. The first kappa shape index (κ1) is 22.1. The summed E-state index contributed by atoms with van der Waals surface area (Å²) in [6, 6.07) is 30.0. The van der Waals surface area contributed by atoms with Crippen LogP contribution in [0.25, 0.3) is 16.8 Å². The summed E-state index contributed by atoms with van der Waals surface area (Å²) in [7, 11) is 0. The number of hydrogen-bond acceptors (Lipinski definition) is 4. The molecule has 5 rings (SSSR count). The fourth-order valence-electron chi connectivity index (χ4n) is 3.72. The number of benzene rings is 4. The van der Waals surface area contributed by atoms with Crippen LogP contribution < -0.4 is 9.64 Å². The van der Waals surface area contributed by atoms with Crippen LogP contribution in [0.2, 0.25) is 0 Å². The number of anilines is 1. The Labute approximate surface area is 215 Å². The molecule has 4 aromatic rings. The number of carbonyl (C=O) groups excluding carboxylic acids is 1. The number of amides is 1. The molecular formula is C27H18INO2S2. The van der Waals surface area contributed by atoms with Gasteiger partial charge in [-0.3, -0.25) is 9.69 Å². The third-order valence-electron chi connectivity index (χ3n) is 5.32. The van der Waals surface area contributed by atoms with Crippen LogP contribution in [0, 0.1) is 3.57 Å². The lowest BCUT2D eigenvalue weighted by Gasteiger charge is -2.13. The summed E-state index contributed by atoms with van der Waals surface area (Å²) >= 11 is 9.06. The number of carbonyl (C=O) groups is 1. The van der Waals surface area contributed by atoms with Gasteiger partial charge in [0.05, 0.1) is 14.2 Å². The summed E-state index contributed by atoms with van der Waals surface area (Å²) < 4.78 is 7.67. The Morgan fingerprint density at radius 1 is 0.939 bits per heavy atom. The molecule has 0 aromatic heterocycles. The molecule has 0 atom stereocenters. The summed E-state index contributed by atoms with van der Waals surface area (Å²) in [6.45, 7) is 0.492. The number of rotatable bonds is 5. The maximum Gasteiger partial charge on any atom is 0.270 e. The molecule has 0 spiro atoms. The molecule has 1 fully saturated rings. The molecule has 0 radical (unpaired) electrons. The van der Waals surface area contributed by atoms with Crippen molar-refractivity contribution < 1.29 is 9.53 Å². The lowest BCUT2D eigenvalue weighted by atomic mass is 10.1. The van der Waals surface area contributed by atoms with Crippen LogP contribution in [0.4, 0.5) is 5.69 Å². The minimum absolute atomic E-state index is 0.0949. The van der Waals surface area contributed by atoms with E-state index in [4.69, 9.17) is 17.0 Å². The number of para-hydroxylation sites is 1. The molecule has 162 valence electrons. The highest BCUT2D eigenvalue weighted by atomic mass is 127. The zero-order chi connectivity index (χ0) is 22.8. The molecule has 1 heterocycles. The van der Waals surface area contributed by atoms with Gasteiger partial charge in [-0.25, -0.2) is 0 Å². The minimum atomic E-state index is -0.0949. The summed E-state index contributed by atoms with van der Waals surface area (Å²) in [6.07, 6.45) is 1.89. The first-order valence-corrected chi connectivity index (χ1v) is 12.6. The quantitative estimate of drug-likeness (QED) is 0.140. The molecule has 1 aliphatic heterocycles. The molecule has 0 saturated carbocycles. The van der Waals surface area contributed by atoms with Gasteiger partial charge in [0.1, 0.15) is 12.4 Å². The van der Waals surface area contributed by atoms with Crippen molar-refractivity contribution in [1.82, 2.24) is 0 Å². The molecule has 0 unspecified atom stereocenters. The maximum absolute atomic E-state index is 13.0. The Balaban J connectivity index is 1.33. The monoisotopic (exact) mass is 579 g/mol. The number of ether oxygens (including phenoxy) is 1. The summed E-state index contributed by atoms with van der Waals surface area (Å²) in [5.41, 5.74) is 2.87. The van der Waals surface area contributed by atoms with Crippen molar-refractivity contribution >= 4 is 79.3 Å². The second kappa shape index (κ2) is 9.67. The molecule has 33 heavy (non-hydrogen) atoms. The third-order valence-corrected chi connectivity index (χ3v) is 7.47. The van der Waals surface area contributed by atoms with Crippen LogP contribution in [-0.4, -0.2) is 10.2 Å². The van der Waals surface area contributed by atoms with Crippen molar-refractivity contribution in [2.45, 2.75) is 6.61 Å². The average molecular weight is 579 g/mol. The number of nitrogens with zero attached hydrogens (tertiary/aromatic N) is 1. The zero-order valence-electron chi connectivity index (χ0n) is 17.4. The molecule has 6 heteroatoms. The SMILES string of the molecule is O=C1/C(=C\c2ccc(OCc3cccc4ccccc34)c(I)c2)SC(=S)N1c1ccccc1. The van der Waals surface area contributed by atoms with E-state index in [-0.39, 0.29) is 5.91 Å². The molecule has 3 nitrogen and oxygen atoms in total. The molecule has 1 saturated heterocycles. The molecule has 0 N–H and O–H groups in total. The Kier molecular flexibility index (Phi) is 6.48. The van der Waals surface area contributed by atoms with Crippen LogP contribution in [0.15, 0.2) is 95.9 Å². The van der Waals surface area contributed by atoms with Gasteiger partial charge in [-0.05, 0) is 74.8 Å². The lowest BCUT2D eigenvalue weighted by Crippen LogP contribution is -2.27.